The summed E-state index contributed by atoms with van der Waals surface area (Å²) >= 11 is 0. The lowest BCUT2D eigenvalue weighted by atomic mass is 9.87. The van der Waals surface area contributed by atoms with Crippen LogP contribution in [0.25, 0.3) is 0 Å². The summed E-state index contributed by atoms with van der Waals surface area (Å²) < 4.78 is 10.7. The van der Waals surface area contributed by atoms with Crippen LogP contribution in [0.3, 0.4) is 0 Å². The number of rotatable bonds is 4. The highest BCUT2D eigenvalue weighted by atomic mass is 31.2. The van der Waals surface area contributed by atoms with Gasteiger partial charge in [-0.15, -0.1) is 0 Å². The van der Waals surface area contributed by atoms with Gasteiger partial charge in [-0.1, -0.05) is 27.7 Å². The Balaban J connectivity index is 4.25. The van der Waals surface area contributed by atoms with Crippen molar-refractivity contribution in [2.45, 2.75) is 27.7 Å². The molecule has 0 unspecified atom stereocenters. The van der Waals surface area contributed by atoms with Gasteiger partial charge in [-0.2, -0.15) is 0 Å². The maximum Gasteiger partial charge on any atom is 0.325 e. The minimum atomic E-state index is -3.83. The molecule has 0 aliphatic carbocycles. The Labute approximate surface area is 74.3 Å². The second-order valence-electron chi connectivity index (χ2n) is 4.00. The van der Waals surface area contributed by atoms with E-state index in [9.17, 15) is 4.57 Å². The molecule has 0 spiro atoms. The summed E-state index contributed by atoms with van der Waals surface area (Å²) in [6.07, 6.45) is 0.0162. The maximum absolute atomic E-state index is 10.7. The van der Waals surface area contributed by atoms with Crippen molar-refractivity contribution in [3.05, 3.63) is 0 Å². The molecule has 0 rings (SSSR count). The van der Waals surface area contributed by atoms with E-state index < -0.39 is 7.60 Å². The van der Waals surface area contributed by atoms with Crippen LogP contribution < -0.4 is 0 Å². The van der Waals surface area contributed by atoms with Crippen LogP contribution in [0.15, 0.2) is 0 Å². The number of hydrogen-bond acceptors (Lipinski definition) is 1. The largest absolute Gasteiger partial charge is 0.325 e. The molecule has 0 atom stereocenters. The average molecular weight is 194 g/mol. The van der Waals surface area contributed by atoms with E-state index in [2.05, 4.69) is 0 Å². The van der Waals surface area contributed by atoms with Crippen molar-refractivity contribution in [2.24, 2.45) is 17.8 Å². The predicted molar refractivity (Wildman–Crippen MR) is 50.1 cm³/mol. The standard InChI is InChI=1S/C8H19O3P/c1-6(2)8(7(3)4)5-12(9,10)11/h6-8H,5H2,1-4H3,(H2,9,10,11). The quantitative estimate of drug-likeness (QED) is 0.674. The molecule has 0 saturated carbocycles. The molecule has 0 amide bonds. The molecule has 0 saturated heterocycles. The third-order valence-corrected chi connectivity index (χ3v) is 3.06. The highest BCUT2D eigenvalue weighted by Crippen LogP contribution is 2.41. The maximum atomic E-state index is 10.7. The zero-order valence-corrected chi connectivity index (χ0v) is 9.08. The lowest BCUT2D eigenvalue weighted by Crippen LogP contribution is -2.19. The highest BCUT2D eigenvalue weighted by molar-refractivity contribution is 7.51. The van der Waals surface area contributed by atoms with Gasteiger partial charge in [0.2, 0.25) is 0 Å². The van der Waals surface area contributed by atoms with Gasteiger partial charge in [-0.05, 0) is 17.8 Å². The summed E-state index contributed by atoms with van der Waals surface area (Å²) in [5.41, 5.74) is 0. The SMILES string of the molecule is CC(C)C(CP(=O)(O)O)C(C)C. The van der Waals surface area contributed by atoms with Gasteiger partial charge in [0, 0.05) is 0 Å². The first kappa shape index (κ1) is 12.2. The summed E-state index contributed by atoms with van der Waals surface area (Å²) in [6.45, 7) is 8.00. The Hall–Kier alpha value is 0.150. The zero-order chi connectivity index (χ0) is 9.94. The van der Waals surface area contributed by atoms with Gasteiger partial charge < -0.3 is 9.79 Å². The molecule has 12 heavy (non-hydrogen) atoms. The molecule has 3 nitrogen and oxygen atoms in total. The Morgan fingerprint density at radius 1 is 1.08 bits per heavy atom. The molecule has 4 heteroatoms. The zero-order valence-electron chi connectivity index (χ0n) is 8.19. The fraction of sp³-hybridized carbons (Fsp3) is 1.00. The van der Waals surface area contributed by atoms with Gasteiger partial charge in [-0.25, -0.2) is 0 Å². The minimum Gasteiger partial charge on any atom is -0.324 e. The molecular weight excluding hydrogens is 175 g/mol. The van der Waals surface area contributed by atoms with Gasteiger partial charge in [0.1, 0.15) is 0 Å². The molecule has 0 radical (unpaired) electrons. The predicted octanol–water partition coefficient (Wildman–Crippen LogP) is 2.09. The topological polar surface area (TPSA) is 57.5 Å². The van der Waals surface area contributed by atoms with Crippen LogP contribution in [-0.4, -0.2) is 15.9 Å². The van der Waals surface area contributed by atoms with Crippen molar-refractivity contribution in [1.82, 2.24) is 0 Å². The fourth-order valence-corrected chi connectivity index (χ4v) is 2.86. The second kappa shape index (κ2) is 4.40. The Morgan fingerprint density at radius 3 is 1.50 bits per heavy atom. The molecular formula is C8H19O3P. The van der Waals surface area contributed by atoms with Crippen LogP contribution in [0.5, 0.6) is 0 Å². The van der Waals surface area contributed by atoms with Crippen molar-refractivity contribution in [2.75, 3.05) is 6.16 Å². The molecule has 74 valence electrons. The summed E-state index contributed by atoms with van der Waals surface area (Å²) in [5.74, 6) is 0.779. The lowest BCUT2D eigenvalue weighted by Gasteiger charge is -2.24. The first-order chi connectivity index (χ1) is 5.24. The van der Waals surface area contributed by atoms with Crippen molar-refractivity contribution in [1.29, 1.82) is 0 Å². The van der Waals surface area contributed by atoms with E-state index in [-0.39, 0.29) is 12.1 Å². The van der Waals surface area contributed by atoms with Crippen molar-refractivity contribution >= 4 is 7.60 Å². The van der Waals surface area contributed by atoms with E-state index >= 15 is 0 Å². The molecule has 0 aromatic rings. The smallest absolute Gasteiger partial charge is 0.324 e. The fourth-order valence-electron chi connectivity index (χ4n) is 1.47. The van der Waals surface area contributed by atoms with Crippen LogP contribution >= 0.6 is 7.60 Å². The van der Waals surface area contributed by atoms with Crippen LogP contribution in [0, 0.1) is 17.8 Å². The van der Waals surface area contributed by atoms with E-state index in [0.29, 0.717) is 11.8 Å². The molecule has 0 heterocycles. The van der Waals surface area contributed by atoms with Crippen LogP contribution in [-0.2, 0) is 4.57 Å². The summed E-state index contributed by atoms with van der Waals surface area (Å²) in [6, 6.07) is 0. The first-order valence-electron chi connectivity index (χ1n) is 4.28. The van der Waals surface area contributed by atoms with Gasteiger partial charge in [-0.3, -0.25) is 4.57 Å². The Bertz CT molecular complexity index is 163. The van der Waals surface area contributed by atoms with E-state index in [1.807, 2.05) is 27.7 Å². The molecule has 0 bridgehead atoms. The third-order valence-electron chi connectivity index (χ3n) is 2.16. The lowest BCUT2D eigenvalue weighted by molar-refractivity contribution is 0.288. The van der Waals surface area contributed by atoms with E-state index in [1.165, 1.54) is 0 Å². The minimum absolute atomic E-state index is 0.0162. The average Bonchev–Trinajstić information content (AvgIpc) is 1.79. The van der Waals surface area contributed by atoms with Gasteiger partial charge >= 0.3 is 7.60 Å². The summed E-state index contributed by atoms with van der Waals surface area (Å²) in [7, 11) is -3.83. The second-order valence-corrected chi connectivity index (χ2v) is 5.69. The van der Waals surface area contributed by atoms with Crippen LogP contribution in [0.1, 0.15) is 27.7 Å². The molecule has 0 aromatic heterocycles. The third kappa shape index (κ3) is 4.91. The van der Waals surface area contributed by atoms with E-state index in [4.69, 9.17) is 9.79 Å². The van der Waals surface area contributed by atoms with E-state index in [0.717, 1.165) is 0 Å². The van der Waals surface area contributed by atoms with E-state index in [1.54, 1.807) is 0 Å². The summed E-state index contributed by atoms with van der Waals surface area (Å²) in [5, 5.41) is 0. The van der Waals surface area contributed by atoms with Gasteiger partial charge in [0.25, 0.3) is 0 Å². The molecule has 0 aliphatic heterocycles. The molecule has 0 fully saturated rings. The van der Waals surface area contributed by atoms with Gasteiger partial charge in [0.15, 0.2) is 0 Å². The number of hydrogen-bond donors (Lipinski definition) is 2. The monoisotopic (exact) mass is 194 g/mol. The molecule has 0 aromatic carbocycles. The van der Waals surface area contributed by atoms with Crippen LogP contribution in [0.2, 0.25) is 0 Å². The van der Waals surface area contributed by atoms with Crippen molar-refractivity contribution in [3.63, 3.8) is 0 Å². The van der Waals surface area contributed by atoms with Crippen molar-refractivity contribution in [3.8, 4) is 0 Å². The molecule has 2 N–H and O–H groups in total. The Kier molecular flexibility index (Phi) is 4.46. The Morgan fingerprint density at radius 2 is 1.42 bits per heavy atom. The van der Waals surface area contributed by atoms with Gasteiger partial charge in [0.05, 0.1) is 6.16 Å². The van der Waals surface area contributed by atoms with Crippen LogP contribution in [0.4, 0.5) is 0 Å². The summed E-state index contributed by atoms with van der Waals surface area (Å²) in [4.78, 5) is 17.6. The van der Waals surface area contributed by atoms with Crippen molar-refractivity contribution < 1.29 is 14.4 Å². The molecule has 0 aliphatic rings. The normalized spacial score (nSPS) is 13.4. The first-order valence-corrected chi connectivity index (χ1v) is 6.08. The highest BCUT2D eigenvalue weighted by Gasteiger charge is 2.26.